The summed E-state index contributed by atoms with van der Waals surface area (Å²) in [6.07, 6.45) is -0.306. The van der Waals surface area contributed by atoms with Gasteiger partial charge in [-0.15, -0.1) is 0 Å². The molecule has 6 aliphatic rings. The number of amides is 4. The largest absolute Gasteiger partial charge is 0.494 e. The van der Waals surface area contributed by atoms with Crippen molar-refractivity contribution < 1.29 is 45.5 Å². The molecule has 6 heterocycles. The highest BCUT2D eigenvalue weighted by Gasteiger charge is 2.68. The van der Waals surface area contributed by atoms with E-state index in [9.17, 15) is 36.0 Å². The third-order valence-corrected chi connectivity index (χ3v) is 19.9. The number of rotatable bonds is 15. The number of benzene rings is 5. The number of hydrogen-bond donors (Lipinski definition) is 0. The lowest BCUT2D eigenvalue weighted by atomic mass is 9.72. The molecule has 22 nitrogen and oxygen atoms in total. The number of likely N-dealkylation sites (N-methyl/N-ethyl adjacent to an activating group) is 2. The highest BCUT2D eigenvalue weighted by atomic mass is 79.9. The van der Waals surface area contributed by atoms with Gasteiger partial charge in [-0.05, 0) is 115 Å². The fourth-order valence-corrected chi connectivity index (χ4v) is 16.2. The molecule has 4 fully saturated rings. The molecule has 6 atom stereocenters. The Hall–Kier alpha value is -7.82. The number of piperazine rings is 2. The van der Waals surface area contributed by atoms with Crippen molar-refractivity contribution in [1.29, 1.82) is 0 Å². The zero-order valence-electron chi connectivity index (χ0n) is 42.6. The molecule has 404 valence electrons. The summed E-state index contributed by atoms with van der Waals surface area (Å²) in [4.78, 5) is 64.4. The van der Waals surface area contributed by atoms with Gasteiger partial charge in [0.1, 0.15) is 35.9 Å². The summed E-state index contributed by atoms with van der Waals surface area (Å²) in [6, 6.07) is 32.9. The van der Waals surface area contributed by atoms with Gasteiger partial charge in [0, 0.05) is 43.4 Å². The van der Waals surface area contributed by atoms with E-state index in [1.54, 1.807) is 62.6 Å². The molecule has 4 saturated heterocycles. The van der Waals surface area contributed by atoms with Crippen LogP contribution in [0.25, 0.3) is 20.9 Å². The molecule has 5 aromatic rings. The molecule has 0 radical (unpaired) electrons. The average molecular weight is 1160 g/mol. The number of ether oxygens (including phenoxy) is 2. The van der Waals surface area contributed by atoms with Gasteiger partial charge >= 0.3 is 0 Å². The van der Waals surface area contributed by atoms with Crippen LogP contribution >= 0.6 is 15.9 Å². The first kappa shape index (κ1) is 53.6. The van der Waals surface area contributed by atoms with E-state index in [2.05, 4.69) is 36.0 Å². The van der Waals surface area contributed by atoms with Crippen LogP contribution in [-0.4, -0.2) is 138 Å². The lowest BCUT2D eigenvalue weighted by Crippen LogP contribution is -2.62. The molecular formula is C53H53BrN12O10S2. The summed E-state index contributed by atoms with van der Waals surface area (Å²) in [5.74, 6) is -0.0461. The molecule has 0 spiro atoms. The van der Waals surface area contributed by atoms with Gasteiger partial charge in [-0.1, -0.05) is 92.4 Å². The third-order valence-electron chi connectivity index (χ3n) is 15.1. The van der Waals surface area contributed by atoms with Crippen LogP contribution in [0.15, 0.2) is 141 Å². The number of halogens is 1. The Labute approximate surface area is 458 Å². The molecule has 0 aliphatic carbocycles. The van der Waals surface area contributed by atoms with E-state index < -0.39 is 54.2 Å². The normalized spacial score (nSPS) is 23.7. The van der Waals surface area contributed by atoms with Crippen LogP contribution in [-0.2, 0) is 49.0 Å². The van der Waals surface area contributed by atoms with Gasteiger partial charge in [-0.3, -0.25) is 19.2 Å². The second-order valence-corrected chi connectivity index (χ2v) is 24.8. The molecule has 4 amide bonds. The van der Waals surface area contributed by atoms with E-state index >= 15 is 0 Å². The van der Waals surface area contributed by atoms with Gasteiger partial charge in [0.2, 0.25) is 23.6 Å². The maximum absolute atomic E-state index is 14.5. The Kier molecular flexibility index (Phi) is 14.3. The van der Waals surface area contributed by atoms with Crippen LogP contribution in [0.2, 0.25) is 0 Å². The zero-order valence-corrected chi connectivity index (χ0v) is 45.8. The van der Waals surface area contributed by atoms with E-state index in [-0.39, 0.29) is 59.4 Å². The van der Waals surface area contributed by atoms with Crippen LogP contribution in [0.5, 0.6) is 11.5 Å². The number of sulfonamides is 2. The maximum atomic E-state index is 14.5. The number of aryl methyl sites for hydroxylation is 1. The molecule has 0 aromatic heterocycles. The van der Waals surface area contributed by atoms with Crippen LogP contribution in [0.1, 0.15) is 47.9 Å². The Bertz CT molecular complexity index is 3550. The summed E-state index contributed by atoms with van der Waals surface area (Å²) in [5.41, 5.74) is 20.1. The predicted octanol–water partition coefficient (Wildman–Crippen LogP) is 6.93. The maximum Gasteiger partial charge on any atom is 0.266 e. The summed E-state index contributed by atoms with van der Waals surface area (Å²) in [5, 5.41) is 6.92. The minimum absolute atomic E-state index is 0.0341. The Morgan fingerprint density at radius 2 is 1.04 bits per heavy atom. The zero-order chi connectivity index (χ0) is 55.3. The van der Waals surface area contributed by atoms with Gasteiger partial charge in [-0.25, -0.2) is 25.4 Å². The molecular weight excluding hydrogens is 1110 g/mol. The molecule has 5 aromatic carbocycles. The van der Waals surface area contributed by atoms with Crippen molar-refractivity contribution in [2.45, 2.75) is 76.6 Å². The first-order valence-corrected chi connectivity index (χ1v) is 28.7. The monoisotopic (exact) mass is 1160 g/mol. The van der Waals surface area contributed by atoms with E-state index in [0.29, 0.717) is 62.0 Å². The molecule has 11 rings (SSSR count). The molecule has 0 saturated carbocycles. The number of nitrogens with zero attached hydrogens (tertiary/aromatic N) is 12. The highest BCUT2D eigenvalue weighted by molar-refractivity contribution is 9.09. The van der Waals surface area contributed by atoms with Crippen LogP contribution in [0, 0.1) is 6.92 Å². The predicted molar refractivity (Wildman–Crippen MR) is 289 cm³/mol. The van der Waals surface area contributed by atoms with Gasteiger partial charge in [0.15, 0.2) is 0 Å². The number of azide groups is 2. The lowest BCUT2D eigenvalue weighted by molar-refractivity contribution is -0.153. The minimum Gasteiger partial charge on any atom is -0.494 e. The topological polar surface area (TPSA) is 272 Å². The smallest absolute Gasteiger partial charge is 0.266 e. The van der Waals surface area contributed by atoms with Crippen molar-refractivity contribution in [2.75, 3.05) is 62.1 Å². The second-order valence-electron chi connectivity index (χ2n) is 19.8. The van der Waals surface area contributed by atoms with Crippen molar-refractivity contribution in [3.8, 4) is 11.5 Å². The van der Waals surface area contributed by atoms with E-state index in [1.807, 2.05) is 55.5 Å². The van der Waals surface area contributed by atoms with Gasteiger partial charge in [-0.2, -0.15) is 0 Å². The summed E-state index contributed by atoms with van der Waals surface area (Å²) in [7, 11) is -5.15. The number of alkyl halides is 1. The fraction of sp³-hybridized carbons (Fsp3) is 0.358. The van der Waals surface area contributed by atoms with Crippen molar-refractivity contribution in [3.63, 3.8) is 0 Å². The number of carbonyl (C=O) groups is 4. The number of hydrogen-bond acceptors (Lipinski definition) is 12. The second kappa shape index (κ2) is 20.9. The Balaban J connectivity index is 0.000000179. The van der Waals surface area contributed by atoms with Gasteiger partial charge < -0.3 is 29.1 Å². The molecule has 0 bridgehead atoms. The number of carbonyl (C=O) groups excluding carboxylic acids is 4. The Morgan fingerprint density at radius 1 is 0.603 bits per heavy atom. The Morgan fingerprint density at radius 3 is 1.54 bits per heavy atom. The third kappa shape index (κ3) is 8.88. The fourth-order valence-electron chi connectivity index (χ4n) is 11.7. The number of anilines is 2. The van der Waals surface area contributed by atoms with E-state index in [4.69, 9.17) is 20.5 Å². The SMILES string of the molecule is CN1CC(=O)N2[C@@H](C[C@]3(Br)c4ccccc4N(S(=O)(=O)c4ccc(OCCCN=[N+]=[N-])cc4)[C@H]23)C1=O.Cc1ccc([C@]23C[C@H]4C(=O)N(C)CC(=O)N4[C@H]2N(S(=O)(=O)c2ccc(OCCCN=[N+]=[N-])cc2)c2ccccc23)cc1. The lowest BCUT2D eigenvalue weighted by Gasteiger charge is -2.41. The first-order valence-electron chi connectivity index (χ1n) is 25.0. The van der Waals surface area contributed by atoms with Crippen molar-refractivity contribution >= 4 is 71.0 Å². The van der Waals surface area contributed by atoms with Crippen molar-refractivity contribution in [3.05, 3.63) is 164 Å². The standard InChI is InChI=1S/C30H30N6O5S.C23H23BrN6O5S/c1-20-8-10-21(11-9-20)30-18-26-28(38)34(2)19-27(37)35(26)29(30)36(25-7-4-3-6-24(25)30)42(39,40)23-14-12-22(13-15-23)41-17-5-16-32-33-31;1-28-14-20(31)29-19(21(28)32)13-23(24)17-5-2-3-6-18(17)30(22(23)29)36(33,34)16-9-7-15(8-10-16)35-12-4-11-26-27-25/h3-4,6-15,26,29H,5,16-19H2,1-2H3;2-3,5-10,19,22H,4,11-14H2,1H3/t26-,29-,30-;19-,22-,23-/m00/s1. The van der Waals surface area contributed by atoms with Gasteiger partial charge in [0.25, 0.3) is 20.0 Å². The van der Waals surface area contributed by atoms with Crippen LogP contribution in [0.3, 0.4) is 0 Å². The highest BCUT2D eigenvalue weighted by Crippen LogP contribution is 2.61. The number of fused-ring (bicyclic) bond motifs is 10. The van der Waals surface area contributed by atoms with E-state index in [1.165, 1.54) is 52.5 Å². The van der Waals surface area contributed by atoms with Crippen LogP contribution in [0.4, 0.5) is 11.4 Å². The molecule has 0 N–H and O–H groups in total. The number of para-hydroxylation sites is 2. The quantitative estimate of drug-likeness (QED) is 0.0343. The first-order chi connectivity index (χ1) is 37.4. The average Bonchev–Trinajstić information content (AvgIpc) is 2.81. The molecule has 25 heteroatoms. The van der Waals surface area contributed by atoms with Gasteiger partial charge in [0.05, 0.1) is 57.2 Å². The molecule has 6 aliphatic heterocycles. The van der Waals surface area contributed by atoms with Crippen LogP contribution < -0.4 is 18.1 Å². The molecule has 78 heavy (non-hydrogen) atoms. The summed E-state index contributed by atoms with van der Waals surface area (Å²) in [6.45, 7) is 2.99. The molecule has 0 unspecified atom stereocenters. The van der Waals surface area contributed by atoms with Crippen molar-refractivity contribution in [1.82, 2.24) is 19.6 Å². The van der Waals surface area contributed by atoms with Crippen molar-refractivity contribution in [2.24, 2.45) is 10.2 Å². The van der Waals surface area contributed by atoms with E-state index in [0.717, 1.165) is 22.3 Å². The summed E-state index contributed by atoms with van der Waals surface area (Å²) >= 11 is 3.78. The minimum atomic E-state index is -4.21. The summed E-state index contributed by atoms with van der Waals surface area (Å²) < 4.78 is 70.1.